The third kappa shape index (κ3) is 3.38. The molecular formula is C12H13F3O. The second kappa shape index (κ2) is 4.70. The highest BCUT2D eigenvalue weighted by molar-refractivity contribution is 5.26. The van der Waals surface area contributed by atoms with E-state index in [1.807, 2.05) is 0 Å². The van der Waals surface area contributed by atoms with E-state index in [9.17, 15) is 18.3 Å². The molecule has 4 heteroatoms. The van der Waals surface area contributed by atoms with Crippen LogP contribution in [0.3, 0.4) is 0 Å². The molecule has 0 fully saturated rings. The van der Waals surface area contributed by atoms with Gasteiger partial charge in [0.1, 0.15) is 0 Å². The number of rotatable bonds is 3. The third-order valence-corrected chi connectivity index (χ3v) is 2.16. The van der Waals surface area contributed by atoms with Crippen molar-refractivity contribution in [3.63, 3.8) is 0 Å². The van der Waals surface area contributed by atoms with E-state index < -0.39 is 17.8 Å². The van der Waals surface area contributed by atoms with Crippen LogP contribution in [0, 0.1) is 0 Å². The van der Waals surface area contributed by atoms with Gasteiger partial charge in [-0.1, -0.05) is 17.7 Å². The van der Waals surface area contributed by atoms with E-state index in [2.05, 4.69) is 6.58 Å². The zero-order chi connectivity index (χ0) is 12.3. The summed E-state index contributed by atoms with van der Waals surface area (Å²) in [5.41, 5.74) is 0.544. The molecule has 0 spiro atoms. The minimum absolute atomic E-state index is 0.353. The number of hydrogen-bond donors (Lipinski definition) is 1. The van der Waals surface area contributed by atoms with Crippen molar-refractivity contribution in [2.45, 2.75) is 25.6 Å². The van der Waals surface area contributed by atoms with Crippen LogP contribution < -0.4 is 0 Å². The molecule has 0 aliphatic rings. The minimum atomic E-state index is -4.34. The van der Waals surface area contributed by atoms with Crippen LogP contribution in [-0.4, -0.2) is 5.11 Å². The molecule has 88 valence electrons. The maximum atomic E-state index is 12.3. The van der Waals surface area contributed by atoms with Crippen molar-refractivity contribution in [2.75, 3.05) is 0 Å². The first-order valence-corrected chi connectivity index (χ1v) is 4.80. The summed E-state index contributed by atoms with van der Waals surface area (Å²) in [6.45, 7) is 5.39. The van der Waals surface area contributed by atoms with Gasteiger partial charge < -0.3 is 5.11 Å². The summed E-state index contributed by atoms with van der Waals surface area (Å²) < 4.78 is 36.8. The number of halogens is 3. The van der Waals surface area contributed by atoms with Crippen LogP contribution >= 0.6 is 0 Å². The van der Waals surface area contributed by atoms with Gasteiger partial charge in [0.2, 0.25) is 0 Å². The molecule has 16 heavy (non-hydrogen) atoms. The van der Waals surface area contributed by atoms with Crippen molar-refractivity contribution in [3.8, 4) is 0 Å². The molecule has 0 radical (unpaired) electrons. The number of alkyl halides is 3. The lowest BCUT2D eigenvalue weighted by atomic mass is 10.0. The van der Waals surface area contributed by atoms with E-state index in [1.54, 1.807) is 6.92 Å². The van der Waals surface area contributed by atoms with Gasteiger partial charge in [0.05, 0.1) is 11.7 Å². The molecule has 0 saturated heterocycles. The first-order chi connectivity index (χ1) is 7.30. The van der Waals surface area contributed by atoms with E-state index in [-0.39, 0.29) is 0 Å². The molecule has 1 nitrogen and oxygen atoms in total. The van der Waals surface area contributed by atoms with Crippen LogP contribution in [0.15, 0.2) is 36.4 Å². The van der Waals surface area contributed by atoms with Crippen LogP contribution in [0.2, 0.25) is 0 Å². The van der Waals surface area contributed by atoms with Gasteiger partial charge in [0, 0.05) is 0 Å². The minimum Gasteiger partial charge on any atom is -0.388 e. The fourth-order valence-corrected chi connectivity index (χ4v) is 1.34. The van der Waals surface area contributed by atoms with Crippen molar-refractivity contribution in [1.82, 2.24) is 0 Å². The number of aliphatic hydroxyl groups excluding tert-OH is 1. The molecule has 1 N–H and O–H groups in total. The molecule has 0 aromatic heterocycles. The Morgan fingerprint density at radius 1 is 1.31 bits per heavy atom. The standard InChI is InChI=1S/C12H13F3O/c1-8(2)7-11(16)9-3-5-10(6-4-9)12(13,14)15/h3-6,11,16H,1,7H2,2H3. The molecule has 0 aliphatic heterocycles. The molecular weight excluding hydrogens is 217 g/mol. The second-order valence-electron chi connectivity index (χ2n) is 3.80. The zero-order valence-electron chi connectivity index (χ0n) is 8.88. The number of benzene rings is 1. The molecule has 1 atom stereocenters. The van der Waals surface area contributed by atoms with Gasteiger partial charge in [-0.25, -0.2) is 0 Å². The zero-order valence-corrected chi connectivity index (χ0v) is 8.88. The second-order valence-corrected chi connectivity index (χ2v) is 3.80. The fourth-order valence-electron chi connectivity index (χ4n) is 1.34. The molecule has 0 amide bonds. The Labute approximate surface area is 92.2 Å². The normalized spacial score (nSPS) is 13.6. The predicted molar refractivity (Wildman–Crippen MR) is 55.8 cm³/mol. The molecule has 1 rings (SSSR count). The molecule has 0 aliphatic carbocycles. The Morgan fingerprint density at radius 3 is 2.19 bits per heavy atom. The van der Waals surface area contributed by atoms with E-state index in [0.29, 0.717) is 12.0 Å². The average molecular weight is 230 g/mol. The fraction of sp³-hybridized carbons (Fsp3) is 0.333. The molecule has 0 bridgehead atoms. The first kappa shape index (κ1) is 12.8. The van der Waals surface area contributed by atoms with Crippen molar-refractivity contribution < 1.29 is 18.3 Å². The Hall–Kier alpha value is -1.29. The van der Waals surface area contributed by atoms with E-state index in [4.69, 9.17) is 0 Å². The quantitative estimate of drug-likeness (QED) is 0.785. The van der Waals surface area contributed by atoms with Gasteiger partial charge in [0.25, 0.3) is 0 Å². The highest BCUT2D eigenvalue weighted by Crippen LogP contribution is 2.30. The average Bonchev–Trinajstić information content (AvgIpc) is 2.15. The summed E-state index contributed by atoms with van der Waals surface area (Å²) >= 11 is 0. The molecule has 0 saturated carbocycles. The monoisotopic (exact) mass is 230 g/mol. The van der Waals surface area contributed by atoms with E-state index in [0.717, 1.165) is 17.7 Å². The van der Waals surface area contributed by atoms with Crippen LogP contribution in [0.5, 0.6) is 0 Å². The molecule has 1 unspecified atom stereocenters. The van der Waals surface area contributed by atoms with Gasteiger partial charge in [-0.2, -0.15) is 13.2 Å². The van der Waals surface area contributed by atoms with Crippen molar-refractivity contribution in [2.24, 2.45) is 0 Å². The largest absolute Gasteiger partial charge is 0.416 e. The summed E-state index contributed by atoms with van der Waals surface area (Å²) in [5.74, 6) is 0. The maximum Gasteiger partial charge on any atom is 0.416 e. The lowest BCUT2D eigenvalue weighted by molar-refractivity contribution is -0.137. The Bertz CT molecular complexity index is 365. The molecule has 1 aromatic rings. The van der Waals surface area contributed by atoms with Crippen molar-refractivity contribution >= 4 is 0 Å². The van der Waals surface area contributed by atoms with Crippen LogP contribution in [0.25, 0.3) is 0 Å². The van der Waals surface area contributed by atoms with Gasteiger partial charge >= 0.3 is 6.18 Å². The van der Waals surface area contributed by atoms with Crippen LogP contribution in [0.4, 0.5) is 13.2 Å². The van der Waals surface area contributed by atoms with E-state index in [1.165, 1.54) is 12.1 Å². The van der Waals surface area contributed by atoms with Gasteiger partial charge in [-0.3, -0.25) is 0 Å². The highest BCUT2D eigenvalue weighted by Gasteiger charge is 2.30. The first-order valence-electron chi connectivity index (χ1n) is 4.80. The Kier molecular flexibility index (Phi) is 3.75. The Morgan fingerprint density at radius 2 is 1.81 bits per heavy atom. The number of hydrogen-bond acceptors (Lipinski definition) is 1. The summed E-state index contributed by atoms with van der Waals surface area (Å²) in [6, 6.07) is 4.51. The smallest absolute Gasteiger partial charge is 0.388 e. The topological polar surface area (TPSA) is 20.2 Å². The lowest BCUT2D eigenvalue weighted by Crippen LogP contribution is -2.05. The molecule has 0 heterocycles. The van der Waals surface area contributed by atoms with Crippen molar-refractivity contribution in [3.05, 3.63) is 47.5 Å². The Balaban J connectivity index is 2.83. The maximum absolute atomic E-state index is 12.3. The predicted octanol–water partition coefficient (Wildman–Crippen LogP) is 3.71. The summed E-state index contributed by atoms with van der Waals surface area (Å²) in [5, 5.41) is 9.64. The summed E-state index contributed by atoms with van der Waals surface area (Å²) in [4.78, 5) is 0. The van der Waals surface area contributed by atoms with Crippen molar-refractivity contribution in [1.29, 1.82) is 0 Å². The van der Waals surface area contributed by atoms with Crippen LogP contribution in [0.1, 0.15) is 30.6 Å². The van der Waals surface area contributed by atoms with Gasteiger partial charge in [-0.15, -0.1) is 6.58 Å². The third-order valence-electron chi connectivity index (χ3n) is 2.16. The SMILES string of the molecule is C=C(C)CC(O)c1ccc(C(F)(F)F)cc1. The summed E-state index contributed by atoms with van der Waals surface area (Å²) in [7, 11) is 0. The van der Waals surface area contributed by atoms with Crippen LogP contribution in [-0.2, 0) is 6.18 Å². The summed E-state index contributed by atoms with van der Waals surface area (Å²) in [6.07, 6.45) is -4.77. The molecule has 1 aromatic carbocycles. The highest BCUT2D eigenvalue weighted by atomic mass is 19.4. The lowest BCUT2D eigenvalue weighted by Gasteiger charge is -2.12. The van der Waals surface area contributed by atoms with Gasteiger partial charge in [-0.05, 0) is 31.0 Å². The van der Waals surface area contributed by atoms with E-state index >= 15 is 0 Å². The number of aliphatic hydroxyl groups is 1. The van der Waals surface area contributed by atoms with Gasteiger partial charge in [0.15, 0.2) is 0 Å².